The molecule has 0 saturated carbocycles. The molecule has 4 rings (SSSR count). The van der Waals surface area contributed by atoms with Crippen LogP contribution in [0, 0.1) is 11.6 Å². The van der Waals surface area contributed by atoms with Gasteiger partial charge in [-0.25, -0.2) is 17.2 Å². The van der Waals surface area contributed by atoms with Crippen molar-refractivity contribution in [2.24, 2.45) is 0 Å². The van der Waals surface area contributed by atoms with E-state index in [9.17, 15) is 22.0 Å². The second-order valence-corrected chi connectivity index (χ2v) is 11.2. The van der Waals surface area contributed by atoms with Gasteiger partial charge >= 0.3 is 0 Å². The predicted octanol–water partition coefficient (Wildman–Crippen LogP) is 0.609. The van der Waals surface area contributed by atoms with Crippen molar-refractivity contribution in [3.63, 3.8) is 0 Å². The Bertz CT molecular complexity index is 982. The lowest BCUT2D eigenvalue weighted by molar-refractivity contribution is -0.139. The molecule has 0 aliphatic carbocycles. The number of amides is 1. The van der Waals surface area contributed by atoms with E-state index in [0.29, 0.717) is 25.2 Å². The molecule has 1 atom stereocenters. The summed E-state index contributed by atoms with van der Waals surface area (Å²) in [6, 6.07) is 2.23. The molecule has 1 amide bonds. The van der Waals surface area contributed by atoms with Crippen LogP contribution >= 0.6 is 0 Å². The molecule has 3 aliphatic rings. The van der Waals surface area contributed by atoms with Crippen LogP contribution in [0.15, 0.2) is 23.1 Å². The van der Waals surface area contributed by atoms with Gasteiger partial charge in [0.2, 0.25) is 15.9 Å². The summed E-state index contributed by atoms with van der Waals surface area (Å²) in [6.45, 7) is 5.16. The number of hydrogen-bond acceptors (Lipinski definition) is 7. The van der Waals surface area contributed by atoms with Gasteiger partial charge in [0.15, 0.2) is 0 Å². The lowest BCUT2D eigenvalue weighted by Crippen LogP contribution is -2.54. The molecule has 9 nitrogen and oxygen atoms in total. The van der Waals surface area contributed by atoms with Gasteiger partial charge in [-0.1, -0.05) is 0 Å². The fourth-order valence-electron chi connectivity index (χ4n) is 4.97. The van der Waals surface area contributed by atoms with Crippen LogP contribution in [0.25, 0.3) is 0 Å². The van der Waals surface area contributed by atoms with Crippen LogP contribution in [0.5, 0.6) is 0 Å². The van der Waals surface area contributed by atoms with Crippen molar-refractivity contribution in [3.05, 3.63) is 29.8 Å². The topological polar surface area (TPSA) is 82.6 Å². The zero-order chi connectivity index (χ0) is 25.0. The molecule has 0 radical (unpaired) electrons. The molecule has 0 N–H and O–H groups in total. The summed E-state index contributed by atoms with van der Waals surface area (Å²) < 4.78 is 65.6. The van der Waals surface area contributed by atoms with Crippen molar-refractivity contribution >= 4 is 15.9 Å². The molecule has 0 bridgehead atoms. The third-order valence-electron chi connectivity index (χ3n) is 7.06. The molecule has 0 aromatic heterocycles. The van der Waals surface area contributed by atoms with Crippen LogP contribution in [0.4, 0.5) is 8.78 Å². The molecule has 1 aromatic rings. The highest BCUT2D eigenvalue weighted by atomic mass is 32.2. The van der Waals surface area contributed by atoms with Gasteiger partial charge in [0.1, 0.15) is 23.1 Å². The molecule has 3 aliphatic heterocycles. The van der Waals surface area contributed by atoms with Gasteiger partial charge in [0.05, 0.1) is 25.9 Å². The quantitative estimate of drug-likeness (QED) is 0.525. The molecule has 12 heteroatoms. The summed E-state index contributed by atoms with van der Waals surface area (Å²) in [5, 5.41) is 0. The largest absolute Gasteiger partial charge is 0.378 e. The van der Waals surface area contributed by atoms with Gasteiger partial charge in [0.25, 0.3) is 0 Å². The van der Waals surface area contributed by atoms with Crippen LogP contribution in [-0.2, 0) is 24.3 Å². The third kappa shape index (κ3) is 6.36. The van der Waals surface area contributed by atoms with Crippen LogP contribution in [-0.4, -0.2) is 125 Å². The maximum absolute atomic E-state index is 14.2. The molecule has 196 valence electrons. The third-order valence-corrected chi connectivity index (χ3v) is 9.05. The standard InChI is InChI=1S/C23H34F2N4O5S/c1-26-6-4-19(5-7-26)27-8-10-28(11-9-27)23(30)17-34-16-20-15-33-13-12-29(20)35(31,32)22-3-2-18(24)14-21(22)25/h2-3,14,19-20H,4-13,15-17H2,1H3/t20-/m0/s1. The smallest absolute Gasteiger partial charge is 0.248 e. The highest BCUT2D eigenvalue weighted by molar-refractivity contribution is 7.89. The molecule has 3 heterocycles. The summed E-state index contributed by atoms with van der Waals surface area (Å²) in [6.07, 6.45) is 2.30. The number of halogens is 2. The zero-order valence-electron chi connectivity index (χ0n) is 20.1. The lowest BCUT2D eigenvalue weighted by Gasteiger charge is -2.42. The van der Waals surface area contributed by atoms with Crippen molar-refractivity contribution < 1.29 is 31.5 Å². The Labute approximate surface area is 205 Å². The number of hydrogen-bond donors (Lipinski definition) is 0. The second-order valence-electron chi connectivity index (χ2n) is 9.39. The maximum atomic E-state index is 14.2. The average Bonchev–Trinajstić information content (AvgIpc) is 2.84. The summed E-state index contributed by atoms with van der Waals surface area (Å²) in [5.74, 6) is -2.14. The van der Waals surface area contributed by atoms with Gasteiger partial charge < -0.3 is 19.3 Å². The Morgan fingerprint density at radius 3 is 2.49 bits per heavy atom. The molecule has 3 fully saturated rings. The Hall–Kier alpha value is -1.70. The Balaban J connectivity index is 1.26. The number of carbonyl (C=O) groups is 1. The summed E-state index contributed by atoms with van der Waals surface area (Å²) in [5.41, 5.74) is 0. The Kier molecular flexibility index (Phi) is 8.71. The Morgan fingerprint density at radius 1 is 1.09 bits per heavy atom. The van der Waals surface area contributed by atoms with Gasteiger partial charge in [-0.3, -0.25) is 9.69 Å². The fraction of sp³-hybridized carbons (Fsp3) is 0.696. The van der Waals surface area contributed by atoms with Crippen molar-refractivity contribution in [2.75, 3.05) is 79.3 Å². The van der Waals surface area contributed by atoms with E-state index in [1.807, 2.05) is 0 Å². The number of nitrogens with zero attached hydrogens (tertiary/aromatic N) is 4. The minimum atomic E-state index is -4.22. The van der Waals surface area contributed by atoms with Gasteiger partial charge in [-0.05, 0) is 45.1 Å². The van der Waals surface area contributed by atoms with E-state index in [1.54, 1.807) is 4.90 Å². The number of piperidine rings is 1. The first-order valence-corrected chi connectivity index (χ1v) is 13.5. The van der Waals surface area contributed by atoms with E-state index in [2.05, 4.69) is 16.8 Å². The number of sulfonamides is 1. The van der Waals surface area contributed by atoms with Crippen molar-refractivity contribution in [1.82, 2.24) is 19.0 Å². The number of rotatable bonds is 7. The molecule has 0 unspecified atom stereocenters. The highest BCUT2D eigenvalue weighted by Crippen LogP contribution is 2.24. The summed E-state index contributed by atoms with van der Waals surface area (Å²) in [7, 11) is -2.08. The molecular formula is C23H34F2N4O5S. The van der Waals surface area contributed by atoms with E-state index in [-0.39, 0.29) is 38.9 Å². The SMILES string of the molecule is CN1CCC(N2CCN(C(=O)COC[C@@H]3COCCN3S(=O)(=O)c3ccc(F)cc3F)CC2)CC1. The number of piperazine rings is 1. The number of benzene rings is 1. The molecular weight excluding hydrogens is 482 g/mol. The van der Waals surface area contributed by atoms with Crippen molar-refractivity contribution in [1.29, 1.82) is 0 Å². The monoisotopic (exact) mass is 516 g/mol. The van der Waals surface area contributed by atoms with Crippen LogP contribution in [0.3, 0.4) is 0 Å². The molecule has 3 saturated heterocycles. The normalized spacial score (nSPS) is 24.1. The molecule has 35 heavy (non-hydrogen) atoms. The van der Waals surface area contributed by atoms with E-state index in [0.717, 1.165) is 55.5 Å². The molecule has 0 spiro atoms. The first-order valence-electron chi connectivity index (χ1n) is 12.1. The predicted molar refractivity (Wildman–Crippen MR) is 124 cm³/mol. The van der Waals surface area contributed by atoms with Crippen LogP contribution < -0.4 is 0 Å². The first kappa shape index (κ1) is 26.4. The minimum Gasteiger partial charge on any atom is -0.378 e. The van der Waals surface area contributed by atoms with E-state index >= 15 is 0 Å². The number of carbonyl (C=O) groups excluding carboxylic acids is 1. The van der Waals surface area contributed by atoms with Crippen molar-refractivity contribution in [2.45, 2.75) is 29.8 Å². The molecule has 1 aromatic carbocycles. The lowest BCUT2D eigenvalue weighted by atomic mass is 10.0. The van der Waals surface area contributed by atoms with Crippen LogP contribution in [0.2, 0.25) is 0 Å². The Morgan fingerprint density at radius 2 is 1.80 bits per heavy atom. The number of morpholine rings is 1. The fourth-order valence-corrected chi connectivity index (χ4v) is 6.60. The van der Waals surface area contributed by atoms with E-state index in [1.165, 1.54) is 0 Å². The van der Waals surface area contributed by atoms with E-state index < -0.39 is 32.6 Å². The second kappa shape index (κ2) is 11.6. The number of ether oxygens (including phenoxy) is 2. The van der Waals surface area contributed by atoms with Gasteiger partial charge in [-0.15, -0.1) is 0 Å². The number of likely N-dealkylation sites (tertiary alicyclic amines) is 1. The average molecular weight is 517 g/mol. The minimum absolute atomic E-state index is 0.0139. The van der Waals surface area contributed by atoms with Crippen LogP contribution in [0.1, 0.15) is 12.8 Å². The summed E-state index contributed by atoms with van der Waals surface area (Å²) >= 11 is 0. The highest BCUT2D eigenvalue weighted by Gasteiger charge is 2.36. The van der Waals surface area contributed by atoms with E-state index in [4.69, 9.17) is 9.47 Å². The van der Waals surface area contributed by atoms with Gasteiger partial charge in [-0.2, -0.15) is 4.31 Å². The summed E-state index contributed by atoms with van der Waals surface area (Å²) in [4.78, 5) is 18.7. The zero-order valence-corrected chi connectivity index (χ0v) is 20.9. The maximum Gasteiger partial charge on any atom is 0.248 e. The van der Waals surface area contributed by atoms with Gasteiger partial charge in [0, 0.05) is 44.8 Å². The first-order chi connectivity index (χ1) is 16.8. The van der Waals surface area contributed by atoms with Crippen molar-refractivity contribution in [3.8, 4) is 0 Å².